The van der Waals surface area contributed by atoms with Crippen molar-refractivity contribution in [1.82, 2.24) is 20.2 Å². The third-order valence-corrected chi connectivity index (χ3v) is 6.49. The number of carbonyl (C=O) groups is 3. The average molecular weight is 470 g/mol. The number of fused-ring (bicyclic) bond motifs is 2. The molecule has 1 N–H and O–H groups in total. The zero-order valence-corrected chi connectivity index (χ0v) is 19.2. The summed E-state index contributed by atoms with van der Waals surface area (Å²) >= 11 is 1.20. The van der Waals surface area contributed by atoms with E-state index in [4.69, 9.17) is 0 Å². The lowest BCUT2D eigenvalue weighted by Gasteiger charge is -2.18. The van der Waals surface area contributed by atoms with E-state index in [1.807, 2.05) is 32.0 Å². The molecule has 0 fully saturated rings. The van der Waals surface area contributed by atoms with Gasteiger partial charge in [-0.2, -0.15) is 4.68 Å². The molecular weight excluding hydrogens is 450 g/mol. The van der Waals surface area contributed by atoms with E-state index in [9.17, 15) is 14.4 Å². The van der Waals surface area contributed by atoms with E-state index in [1.54, 1.807) is 47.1 Å². The Balaban J connectivity index is 1.31. The molecule has 9 heteroatoms. The molecule has 1 amide bonds. The fourth-order valence-electron chi connectivity index (χ4n) is 3.87. The maximum atomic E-state index is 12.9. The van der Waals surface area contributed by atoms with Gasteiger partial charge in [-0.25, -0.2) is 0 Å². The summed E-state index contributed by atoms with van der Waals surface area (Å²) in [6.07, 6.45) is 0. The van der Waals surface area contributed by atoms with Crippen molar-refractivity contribution >= 4 is 34.9 Å². The molecular formula is C25H19N5O3S. The molecule has 8 nitrogen and oxygen atoms in total. The summed E-state index contributed by atoms with van der Waals surface area (Å²) in [7, 11) is 0. The van der Waals surface area contributed by atoms with Crippen LogP contribution in [0.15, 0.2) is 65.8 Å². The van der Waals surface area contributed by atoms with Crippen LogP contribution in [0.5, 0.6) is 0 Å². The van der Waals surface area contributed by atoms with Gasteiger partial charge in [-0.15, -0.1) is 5.10 Å². The van der Waals surface area contributed by atoms with Gasteiger partial charge in [0.25, 0.3) is 0 Å². The topological polar surface area (TPSA) is 107 Å². The Hall–Kier alpha value is -4.11. The average Bonchev–Trinajstić information content (AvgIpc) is 3.31. The van der Waals surface area contributed by atoms with Crippen LogP contribution in [0.1, 0.15) is 43.0 Å². The maximum absolute atomic E-state index is 12.9. The maximum Gasteiger partial charge on any atom is 0.234 e. The number of aromatic nitrogens is 4. The van der Waals surface area contributed by atoms with Gasteiger partial charge in [0.15, 0.2) is 11.6 Å². The van der Waals surface area contributed by atoms with Gasteiger partial charge in [-0.3, -0.25) is 14.4 Å². The molecule has 4 aromatic rings. The number of anilines is 1. The minimum Gasteiger partial charge on any atom is -0.325 e. The van der Waals surface area contributed by atoms with Crippen molar-refractivity contribution in [2.75, 3.05) is 11.1 Å². The van der Waals surface area contributed by atoms with Gasteiger partial charge < -0.3 is 5.32 Å². The van der Waals surface area contributed by atoms with Gasteiger partial charge >= 0.3 is 0 Å². The molecule has 0 aliphatic heterocycles. The van der Waals surface area contributed by atoms with Gasteiger partial charge in [-0.1, -0.05) is 48.2 Å². The Labute approximate surface area is 199 Å². The number of amides is 1. The van der Waals surface area contributed by atoms with Crippen molar-refractivity contribution in [1.29, 1.82) is 0 Å². The molecule has 1 aliphatic carbocycles. The van der Waals surface area contributed by atoms with Gasteiger partial charge in [0.1, 0.15) is 0 Å². The largest absolute Gasteiger partial charge is 0.325 e. The lowest BCUT2D eigenvalue weighted by atomic mass is 9.84. The van der Waals surface area contributed by atoms with E-state index in [0.29, 0.717) is 27.5 Å². The van der Waals surface area contributed by atoms with Gasteiger partial charge in [0.05, 0.1) is 11.4 Å². The third kappa shape index (κ3) is 3.90. The van der Waals surface area contributed by atoms with E-state index in [0.717, 1.165) is 16.8 Å². The molecule has 0 spiro atoms. The predicted molar refractivity (Wildman–Crippen MR) is 128 cm³/mol. The molecule has 0 atom stereocenters. The number of benzene rings is 3. The van der Waals surface area contributed by atoms with Crippen molar-refractivity contribution in [3.63, 3.8) is 0 Å². The van der Waals surface area contributed by atoms with Crippen LogP contribution < -0.4 is 5.32 Å². The second-order valence-electron chi connectivity index (χ2n) is 7.96. The minimum atomic E-state index is -0.282. The SMILES string of the molecule is Cc1ccc(C)c(-n2nnnc2SCC(=O)Nc2ccc3c(c2)C(=O)c2ccccc2C3=O)c1. The first-order valence-corrected chi connectivity index (χ1v) is 11.5. The fraction of sp³-hybridized carbons (Fsp3) is 0.120. The lowest BCUT2D eigenvalue weighted by Crippen LogP contribution is -2.21. The van der Waals surface area contributed by atoms with Crippen molar-refractivity contribution in [2.45, 2.75) is 19.0 Å². The summed E-state index contributed by atoms with van der Waals surface area (Å²) in [5.74, 6) is -0.645. The van der Waals surface area contributed by atoms with Crippen molar-refractivity contribution in [3.8, 4) is 5.69 Å². The van der Waals surface area contributed by atoms with Crippen LogP contribution in [-0.2, 0) is 4.79 Å². The molecule has 1 aromatic heterocycles. The minimum absolute atomic E-state index is 0.0675. The number of hydrogen-bond donors (Lipinski definition) is 1. The summed E-state index contributed by atoms with van der Waals surface area (Å²) in [6, 6.07) is 17.5. The second kappa shape index (κ2) is 8.68. The van der Waals surface area contributed by atoms with E-state index in [1.165, 1.54) is 11.8 Å². The standard InChI is InChI=1S/C25H19N5O3S/c1-14-7-8-15(2)21(11-14)30-25(27-28-29-30)34-13-22(31)26-16-9-10-19-20(12-16)24(33)18-6-4-3-5-17(18)23(19)32/h3-12H,13H2,1-2H3,(H,26,31). The van der Waals surface area contributed by atoms with Gasteiger partial charge in [0, 0.05) is 27.9 Å². The summed E-state index contributed by atoms with van der Waals surface area (Å²) in [5.41, 5.74) is 4.78. The first-order valence-electron chi connectivity index (χ1n) is 10.5. The molecule has 3 aromatic carbocycles. The smallest absolute Gasteiger partial charge is 0.234 e. The second-order valence-corrected chi connectivity index (χ2v) is 8.91. The number of rotatable bonds is 5. The zero-order valence-electron chi connectivity index (χ0n) is 18.4. The highest BCUT2D eigenvalue weighted by molar-refractivity contribution is 7.99. The first kappa shape index (κ1) is 21.7. The van der Waals surface area contributed by atoms with Crippen LogP contribution in [0.3, 0.4) is 0 Å². The molecule has 34 heavy (non-hydrogen) atoms. The zero-order chi connectivity index (χ0) is 23.8. The predicted octanol–water partition coefficient (Wildman–Crippen LogP) is 3.79. The molecule has 1 heterocycles. The Kier molecular flexibility index (Phi) is 5.54. The first-order chi connectivity index (χ1) is 16.4. The Morgan fingerprint density at radius 3 is 2.38 bits per heavy atom. The molecule has 5 rings (SSSR count). The Morgan fingerprint density at radius 2 is 1.62 bits per heavy atom. The number of hydrogen-bond acceptors (Lipinski definition) is 7. The molecule has 1 aliphatic rings. The van der Waals surface area contributed by atoms with Crippen LogP contribution in [0.4, 0.5) is 5.69 Å². The van der Waals surface area contributed by atoms with Gasteiger partial charge in [0.2, 0.25) is 11.1 Å². The number of tetrazole rings is 1. The number of aryl methyl sites for hydroxylation is 2. The number of nitrogens with zero attached hydrogens (tertiary/aromatic N) is 4. The van der Waals surface area contributed by atoms with Crippen LogP contribution in [0.2, 0.25) is 0 Å². The number of ketones is 2. The lowest BCUT2D eigenvalue weighted by molar-refractivity contribution is -0.113. The highest BCUT2D eigenvalue weighted by Gasteiger charge is 2.29. The van der Waals surface area contributed by atoms with Crippen LogP contribution >= 0.6 is 11.8 Å². The Bertz CT molecular complexity index is 1480. The molecule has 0 unspecified atom stereocenters. The van der Waals surface area contributed by atoms with Crippen molar-refractivity contribution in [3.05, 3.63) is 94.0 Å². The molecule has 0 radical (unpaired) electrons. The molecule has 168 valence electrons. The molecule has 0 bridgehead atoms. The van der Waals surface area contributed by atoms with Crippen LogP contribution in [0, 0.1) is 13.8 Å². The third-order valence-electron chi connectivity index (χ3n) is 5.57. The summed E-state index contributed by atoms with van der Waals surface area (Å²) < 4.78 is 1.61. The van der Waals surface area contributed by atoms with E-state index < -0.39 is 0 Å². The number of thioether (sulfide) groups is 1. The van der Waals surface area contributed by atoms with Crippen LogP contribution in [0.25, 0.3) is 5.69 Å². The normalized spacial score (nSPS) is 12.3. The Morgan fingerprint density at radius 1 is 0.912 bits per heavy atom. The highest BCUT2D eigenvalue weighted by atomic mass is 32.2. The van der Waals surface area contributed by atoms with Crippen LogP contribution in [-0.4, -0.2) is 43.4 Å². The molecule has 0 saturated heterocycles. The summed E-state index contributed by atoms with van der Waals surface area (Å²) in [5, 5.41) is 15.1. The highest BCUT2D eigenvalue weighted by Crippen LogP contribution is 2.29. The number of nitrogens with one attached hydrogen (secondary N) is 1. The molecule has 0 saturated carbocycles. The monoisotopic (exact) mass is 469 g/mol. The van der Waals surface area contributed by atoms with Gasteiger partial charge in [-0.05, 0) is 59.7 Å². The fourth-order valence-corrected chi connectivity index (χ4v) is 4.56. The number of carbonyl (C=O) groups excluding carboxylic acids is 3. The van der Waals surface area contributed by atoms with E-state index >= 15 is 0 Å². The van der Waals surface area contributed by atoms with E-state index in [2.05, 4.69) is 20.8 Å². The summed E-state index contributed by atoms with van der Waals surface area (Å²) in [4.78, 5) is 38.3. The quantitative estimate of drug-likeness (QED) is 0.390. The van der Waals surface area contributed by atoms with Crippen molar-refractivity contribution in [2.24, 2.45) is 0 Å². The van der Waals surface area contributed by atoms with E-state index in [-0.39, 0.29) is 28.8 Å². The van der Waals surface area contributed by atoms with Crippen molar-refractivity contribution < 1.29 is 14.4 Å². The summed E-state index contributed by atoms with van der Waals surface area (Å²) in [6.45, 7) is 3.96.